The first kappa shape index (κ1) is 19.7. The van der Waals surface area contributed by atoms with Crippen LogP contribution in [-0.4, -0.2) is 18.6 Å². The van der Waals surface area contributed by atoms with Crippen LogP contribution in [0.3, 0.4) is 0 Å². The van der Waals surface area contributed by atoms with Gasteiger partial charge in [-0.1, -0.05) is 37.3 Å². The van der Waals surface area contributed by atoms with E-state index in [1.165, 1.54) is 5.39 Å². The lowest BCUT2D eigenvalue weighted by Gasteiger charge is -2.15. The van der Waals surface area contributed by atoms with E-state index in [1.54, 1.807) is 6.07 Å². The molecule has 0 unspecified atom stereocenters. The van der Waals surface area contributed by atoms with E-state index in [1.807, 2.05) is 63.2 Å². The molecule has 1 N–H and O–H groups in total. The van der Waals surface area contributed by atoms with Crippen LogP contribution in [0.15, 0.2) is 60.7 Å². The SMILES string of the molecule is CCOc1ccc(C(=O)N[C@@H](C)CC)cc1COc1ccc2ccccc2c1. The molecule has 0 aromatic heterocycles. The third-order valence-corrected chi connectivity index (χ3v) is 4.73. The predicted octanol–water partition coefficient (Wildman–Crippen LogP) is 5.35. The summed E-state index contributed by atoms with van der Waals surface area (Å²) in [6.07, 6.45) is 0.890. The first-order valence-corrected chi connectivity index (χ1v) is 9.79. The lowest BCUT2D eigenvalue weighted by atomic mass is 10.1. The summed E-state index contributed by atoms with van der Waals surface area (Å²) < 4.78 is 11.7. The molecule has 0 radical (unpaired) electrons. The van der Waals surface area contributed by atoms with Gasteiger partial charge in [0, 0.05) is 17.2 Å². The van der Waals surface area contributed by atoms with E-state index in [0.717, 1.165) is 28.9 Å². The van der Waals surface area contributed by atoms with Crippen LogP contribution in [0.5, 0.6) is 11.5 Å². The largest absolute Gasteiger partial charge is 0.493 e. The molecule has 0 saturated heterocycles. The van der Waals surface area contributed by atoms with Gasteiger partial charge in [-0.05, 0) is 61.4 Å². The summed E-state index contributed by atoms with van der Waals surface area (Å²) in [6, 6.07) is 19.8. The minimum Gasteiger partial charge on any atom is -0.493 e. The number of hydrogen-bond acceptors (Lipinski definition) is 3. The molecule has 146 valence electrons. The van der Waals surface area contributed by atoms with Gasteiger partial charge in [-0.3, -0.25) is 4.79 Å². The third kappa shape index (κ3) is 4.83. The molecule has 0 aliphatic heterocycles. The second-order valence-corrected chi connectivity index (χ2v) is 6.84. The first-order valence-electron chi connectivity index (χ1n) is 9.79. The number of carbonyl (C=O) groups excluding carboxylic acids is 1. The summed E-state index contributed by atoms with van der Waals surface area (Å²) in [7, 11) is 0. The molecule has 28 heavy (non-hydrogen) atoms. The molecule has 1 amide bonds. The molecule has 0 aliphatic carbocycles. The van der Waals surface area contributed by atoms with Crippen molar-refractivity contribution in [1.82, 2.24) is 5.32 Å². The highest BCUT2D eigenvalue weighted by atomic mass is 16.5. The van der Waals surface area contributed by atoms with Gasteiger partial charge >= 0.3 is 0 Å². The van der Waals surface area contributed by atoms with Crippen molar-refractivity contribution in [2.45, 2.75) is 39.8 Å². The van der Waals surface area contributed by atoms with Gasteiger partial charge in [0.15, 0.2) is 0 Å². The van der Waals surface area contributed by atoms with Crippen molar-refractivity contribution < 1.29 is 14.3 Å². The molecule has 0 heterocycles. The molecule has 0 aliphatic rings. The number of ether oxygens (including phenoxy) is 2. The summed E-state index contributed by atoms with van der Waals surface area (Å²) in [5.74, 6) is 1.45. The second-order valence-electron chi connectivity index (χ2n) is 6.84. The van der Waals surface area contributed by atoms with Crippen LogP contribution >= 0.6 is 0 Å². The molecule has 1 atom stereocenters. The van der Waals surface area contributed by atoms with Gasteiger partial charge in [-0.2, -0.15) is 0 Å². The van der Waals surface area contributed by atoms with Crippen LogP contribution in [-0.2, 0) is 6.61 Å². The van der Waals surface area contributed by atoms with E-state index in [4.69, 9.17) is 9.47 Å². The highest BCUT2D eigenvalue weighted by Crippen LogP contribution is 2.25. The van der Waals surface area contributed by atoms with Crippen molar-refractivity contribution in [1.29, 1.82) is 0 Å². The highest BCUT2D eigenvalue weighted by molar-refractivity contribution is 5.94. The second kappa shape index (κ2) is 9.27. The van der Waals surface area contributed by atoms with E-state index in [2.05, 4.69) is 17.4 Å². The molecule has 0 saturated carbocycles. The third-order valence-electron chi connectivity index (χ3n) is 4.73. The van der Waals surface area contributed by atoms with Crippen molar-refractivity contribution >= 4 is 16.7 Å². The summed E-state index contributed by atoms with van der Waals surface area (Å²) in [5.41, 5.74) is 1.47. The Labute approximate surface area is 166 Å². The molecular formula is C24H27NO3. The summed E-state index contributed by atoms with van der Waals surface area (Å²) in [6.45, 7) is 6.87. The Balaban J connectivity index is 1.79. The lowest BCUT2D eigenvalue weighted by molar-refractivity contribution is 0.0939. The van der Waals surface area contributed by atoms with Crippen LogP contribution < -0.4 is 14.8 Å². The first-order chi connectivity index (χ1) is 13.6. The van der Waals surface area contributed by atoms with E-state index in [-0.39, 0.29) is 11.9 Å². The maximum atomic E-state index is 12.5. The van der Waals surface area contributed by atoms with Gasteiger partial charge in [0.1, 0.15) is 18.1 Å². The Morgan fingerprint density at radius 2 is 1.75 bits per heavy atom. The molecular weight excluding hydrogens is 350 g/mol. The van der Waals surface area contributed by atoms with Crippen LogP contribution in [0.2, 0.25) is 0 Å². The fourth-order valence-electron chi connectivity index (χ4n) is 2.96. The molecule has 0 bridgehead atoms. The monoisotopic (exact) mass is 377 g/mol. The Morgan fingerprint density at radius 1 is 0.964 bits per heavy atom. The summed E-state index contributed by atoms with van der Waals surface area (Å²) >= 11 is 0. The number of rotatable bonds is 8. The minimum absolute atomic E-state index is 0.0793. The Bertz CT molecular complexity index is 951. The summed E-state index contributed by atoms with van der Waals surface area (Å²) in [5, 5.41) is 5.30. The zero-order valence-corrected chi connectivity index (χ0v) is 16.7. The van der Waals surface area contributed by atoms with Crippen molar-refractivity contribution in [2.24, 2.45) is 0 Å². The van der Waals surface area contributed by atoms with E-state index in [0.29, 0.717) is 18.8 Å². The normalized spacial score (nSPS) is 11.8. The van der Waals surface area contributed by atoms with E-state index < -0.39 is 0 Å². The number of amides is 1. The Kier molecular flexibility index (Phi) is 6.53. The van der Waals surface area contributed by atoms with Crippen LogP contribution in [0.25, 0.3) is 10.8 Å². The highest BCUT2D eigenvalue weighted by Gasteiger charge is 2.13. The minimum atomic E-state index is -0.0793. The number of fused-ring (bicyclic) bond motifs is 1. The van der Waals surface area contributed by atoms with Crippen LogP contribution in [0.1, 0.15) is 43.1 Å². The average Bonchev–Trinajstić information content (AvgIpc) is 2.72. The number of hydrogen-bond donors (Lipinski definition) is 1. The number of nitrogens with one attached hydrogen (secondary N) is 1. The number of benzene rings is 3. The molecule has 3 aromatic carbocycles. The van der Waals surface area contributed by atoms with Crippen molar-refractivity contribution in [3.05, 3.63) is 71.8 Å². The van der Waals surface area contributed by atoms with Gasteiger partial charge < -0.3 is 14.8 Å². The fourth-order valence-corrected chi connectivity index (χ4v) is 2.96. The van der Waals surface area contributed by atoms with Crippen molar-refractivity contribution in [3.8, 4) is 11.5 Å². The maximum Gasteiger partial charge on any atom is 0.251 e. The van der Waals surface area contributed by atoms with Gasteiger partial charge in [0.25, 0.3) is 5.91 Å². The molecule has 4 heteroatoms. The standard InChI is InChI=1S/C24H27NO3/c1-4-17(3)25-24(26)20-11-13-23(27-5-2)21(14-20)16-28-22-12-10-18-8-6-7-9-19(18)15-22/h6-15,17H,4-5,16H2,1-3H3,(H,25,26)/t17-/m0/s1. The summed E-state index contributed by atoms with van der Waals surface area (Å²) in [4.78, 5) is 12.5. The van der Waals surface area contributed by atoms with E-state index >= 15 is 0 Å². The smallest absolute Gasteiger partial charge is 0.251 e. The molecule has 3 rings (SSSR count). The maximum absolute atomic E-state index is 12.5. The topological polar surface area (TPSA) is 47.6 Å². The van der Waals surface area contributed by atoms with Gasteiger partial charge in [0.2, 0.25) is 0 Å². The van der Waals surface area contributed by atoms with Crippen molar-refractivity contribution in [2.75, 3.05) is 6.61 Å². The average molecular weight is 377 g/mol. The molecule has 0 fully saturated rings. The number of carbonyl (C=O) groups is 1. The van der Waals surface area contributed by atoms with Gasteiger partial charge in [0.05, 0.1) is 6.61 Å². The lowest BCUT2D eigenvalue weighted by Crippen LogP contribution is -2.32. The van der Waals surface area contributed by atoms with Gasteiger partial charge in [-0.15, -0.1) is 0 Å². The fraction of sp³-hybridized carbons (Fsp3) is 0.292. The molecule has 4 nitrogen and oxygen atoms in total. The van der Waals surface area contributed by atoms with Crippen LogP contribution in [0.4, 0.5) is 0 Å². The van der Waals surface area contributed by atoms with E-state index in [9.17, 15) is 4.79 Å². The van der Waals surface area contributed by atoms with Gasteiger partial charge in [-0.25, -0.2) is 0 Å². The predicted molar refractivity (Wildman–Crippen MR) is 113 cm³/mol. The van der Waals surface area contributed by atoms with Crippen LogP contribution in [0, 0.1) is 0 Å². The quantitative estimate of drug-likeness (QED) is 0.576. The zero-order valence-electron chi connectivity index (χ0n) is 16.7. The van der Waals surface area contributed by atoms with Crippen molar-refractivity contribution in [3.63, 3.8) is 0 Å². The molecule has 0 spiro atoms. The Morgan fingerprint density at radius 3 is 2.50 bits per heavy atom. The Hall–Kier alpha value is -3.01. The molecule has 3 aromatic rings. The zero-order chi connectivity index (χ0) is 19.9.